The Morgan fingerprint density at radius 3 is 0.789 bits per heavy atom. The Bertz CT molecular complexity index is 968. The summed E-state index contributed by atoms with van der Waals surface area (Å²) in [6.45, 7) is 0. The van der Waals surface area contributed by atoms with Gasteiger partial charge in [0.2, 0.25) is 0 Å². The van der Waals surface area contributed by atoms with Gasteiger partial charge in [-0.05, 0) is 0 Å². The minimum absolute atomic E-state index is 0. The molecule has 0 rings (SSSR count). The largest absolute Gasteiger partial charge is 1.00 e. The van der Waals surface area contributed by atoms with Crippen LogP contribution in [0.4, 0.5) is 96.6 Å². The second-order valence-electron chi connectivity index (χ2n) is 6.52. The van der Waals surface area contributed by atoms with Crippen LogP contribution in [-0.2, 0) is 10.1 Å². The van der Waals surface area contributed by atoms with E-state index in [0.29, 0.717) is 0 Å². The molecule has 0 amide bonds. The predicted octanol–water partition coefficient (Wildman–Crippen LogP) is 3.11. The third-order valence-corrected chi connectivity index (χ3v) is 4.88. The Morgan fingerprint density at radius 2 is 0.605 bits per heavy atom. The van der Waals surface area contributed by atoms with Crippen molar-refractivity contribution in [2.75, 3.05) is 0 Å². The fraction of sp³-hybridized carbons (Fsp3) is 1.00. The molecular formula is C11HF22NaO3S. The maximum atomic E-state index is 13.4. The second-order valence-corrected chi connectivity index (χ2v) is 7.92. The van der Waals surface area contributed by atoms with Crippen LogP contribution in [0.3, 0.4) is 0 Å². The van der Waals surface area contributed by atoms with Crippen molar-refractivity contribution in [3.63, 3.8) is 0 Å². The van der Waals surface area contributed by atoms with Crippen LogP contribution in [0.2, 0.25) is 0 Å². The Balaban J connectivity index is 0. The van der Waals surface area contributed by atoms with Crippen LogP contribution in [0.15, 0.2) is 0 Å². The Hall–Kier alpha value is -0.630. The van der Waals surface area contributed by atoms with E-state index in [1.54, 1.807) is 0 Å². The molecule has 0 fully saturated rings. The van der Waals surface area contributed by atoms with E-state index in [-0.39, 0.29) is 29.6 Å². The zero-order valence-corrected chi connectivity index (χ0v) is 19.3. The van der Waals surface area contributed by atoms with Gasteiger partial charge in [0.05, 0.1) is 0 Å². The summed E-state index contributed by atoms with van der Waals surface area (Å²) in [5.74, 6) is -81.4. The number of hydrogen-bond acceptors (Lipinski definition) is 3. The Labute approximate surface area is 214 Å². The Morgan fingerprint density at radius 1 is 0.421 bits per heavy atom. The molecule has 0 aliphatic heterocycles. The standard InChI is InChI=1S/C11H2F22O3S.Na/c12-1(37(34,35)36)2(13,14)3(15,16)4(17,18)5(19,20)6(21,22)7(23,24)8(25,26)9(27,28)10(29,30)11(31,32)33;/h1H,(H,34,35,36);/q;+1/p-1. The van der Waals surface area contributed by atoms with Crippen molar-refractivity contribution in [3.8, 4) is 0 Å². The molecule has 0 radical (unpaired) electrons. The maximum Gasteiger partial charge on any atom is 1.00 e. The van der Waals surface area contributed by atoms with Crippen molar-refractivity contribution >= 4 is 10.1 Å². The quantitative estimate of drug-likeness (QED) is 0.207. The van der Waals surface area contributed by atoms with E-state index in [1.165, 1.54) is 0 Å². The number of rotatable bonds is 10. The number of hydrogen-bond donors (Lipinski definition) is 0. The van der Waals surface area contributed by atoms with Gasteiger partial charge in [-0.25, -0.2) is 12.8 Å². The molecule has 0 saturated heterocycles. The first-order chi connectivity index (χ1) is 15.4. The fourth-order valence-corrected chi connectivity index (χ4v) is 2.40. The first kappa shape index (κ1) is 39.5. The minimum atomic E-state index is -9.46. The molecular weight excluding hydrogens is 653 g/mol. The SMILES string of the molecule is O=S(=O)([O-])C(F)C(F)(F)C(F)(F)C(F)(F)C(F)(F)C(F)(F)C(F)(F)C(F)(F)C(F)(F)C(F)(F)C(F)(F)F.[Na+]. The molecule has 0 saturated carbocycles. The van der Waals surface area contributed by atoms with E-state index >= 15 is 0 Å². The first-order valence-electron chi connectivity index (χ1n) is 7.46. The number of alkyl halides is 22. The molecule has 1 atom stereocenters. The van der Waals surface area contributed by atoms with Gasteiger partial charge in [-0.3, -0.25) is 0 Å². The van der Waals surface area contributed by atoms with Crippen LogP contribution in [-0.4, -0.2) is 78.0 Å². The van der Waals surface area contributed by atoms with Crippen molar-refractivity contribution in [3.05, 3.63) is 0 Å². The van der Waals surface area contributed by atoms with Crippen molar-refractivity contribution in [1.29, 1.82) is 0 Å². The van der Waals surface area contributed by atoms with E-state index in [4.69, 9.17) is 0 Å². The van der Waals surface area contributed by atoms with Crippen molar-refractivity contribution in [1.82, 2.24) is 0 Å². The molecule has 0 heterocycles. The fourth-order valence-electron chi connectivity index (χ4n) is 1.89. The molecule has 0 aromatic rings. The van der Waals surface area contributed by atoms with Gasteiger partial charge < -0.3 is 4.55 Å². The molecule has 0 bridgehead atoms. The van der Waals surface area contributed by atoms with Gasteiger partial charge in [0, 0.05) is 0 Å². The number of halogens is 22. The topological polar surface area (TPSA) is 57.2 Å². The predicted molar refractivity (Wildman–Crippen MR) is 65.2 cm³/mol. The zero-order chi connectivity index (χ0) is 31.1. The molecule has 3 nitrogen and oxygen atoms in total. The summed E-state index contributed by atoms with van der Waals surface area (Å²) in [7, 11) is -7.66. The molecule has 224 valence electrons. The van der Waals surface area contributed by atoms with Crippen LogP contribution in [0, 0.1) is 0 Å². The minimum Gasteiger partial charge on any atom is -0.746 e. The molecule has 0 N–H and O–H groups in total. The average Bonchev–Trinajstić information content (AvgIpc) is 2.64. The molecule has 0 spiro atoms. The third-order valence-electron chi connectivity index (χ3n) is 4.07. The summed E-state index contributed by atoms with van der Waals surface area (Å²) in [4.78, 5) is 0. The molecule has 1 unspecified atom stereocenters. The summed E-state index contributed by atoms with van der Waals surface area (Å²) >= 11 is 0. The molecule has 38 heavy (non-hydrogen) atoms. The van der Waals surface area contributed by atoms with Crippen LogP contribution in [0.25, 0.3) is 0 Å². The molecule has 0 aliphatic carbocycles. The monoisotopic (exact) mass is 654 g/mol. The van der Waals surface area contributed by atoms with E-state index in [1.807, 2.05) is 0 Å². The summed E-state index contributed by atoms with van der Waals surface area (Å²) in [6.07, 6.45) is -8.12. The van der Waals surface area contributed by atoms with Gasteiger partial charge in [0.15, 0.2) is 0 Å². The maximum absolute atomic E-state index is 13.4. The molecule has 27 heteroatoms. The second kappa shape index (κ2) is 9.73. The van der Waals surface area contributed by atoms with Gasteiger partial charge in [0.25, 0.3) is 5.50 Å². The van der Waals surface area contributed by atoms with Crippen LogP contribution >= 0.6 is 0 Å². The summed E-state index contributed by atoms with van der Waals surface area (Å²) in [6, 6.07) is 0. The summed E-state index contributed by atoms with van der Waals surface area (Å²) in [5.41, 5.74) is -6.32. The smallest absolute Gasteiger partial charge is 0.746 e. The summed E-state index contributed by atoms with van der Waals surface area (Å²) in [5, 5.41) is 0. The molecule has 0 aromatic carbocycles. The zero-order valence-electron chi connectivity index (χ0n) is 16.5. The molecule has 0 aromatic heterocycles. The van der Waals surface area contributed by atoms with Crippen molar-refractivity contribution < 1.29 is 139 Å². The van der Waals surface area contributed by atoms with Gasteiger partial charge in [0.1, 0.15) is 10.1 Å². The first-order valence-corrected chi connectivity index (χ1v) is 8.93. The van der Waals surface area contributed by atoms with Crippen LogP contribution < -0.4 is 29.6 Å². The van der Waals surface area contributed by atoms with Crippen molar-refractivity contribution in [2.24, 2.45) is 0 Å². The van der Waals surface area contributed by atoms with Crippen LogP contribution in [0.5, 0.6) is 0 Å². The normalized spacial score (nSPS) is 17.2. The van der Waals surface area contributed by atoms with E-state index in [2.05, 4.69) is 0 Å². The van der Waals surface area contributed by atoms with Gasteiger partial charge >= 0.3 is 89.0 Å². The molecule has 0 aliphatic rings. The van der Waals surface area contributed by atoms with E-state index in [0.717, 1.165) is 0 Å². The van der Waals surface area contributed by atoms with Crippen molar-refractivity contribution in [2.45, 2.75) is 65.0 Å². The van der Waals surface area contributed by atoms with E-state index < -0.39 is 75.1 Å². The Kier molecular flexibility index (Phi) is 10.1. The van der Waals surface area contributed by atoms with Crippen LogP contribution in [0.1, 0.15) is 0 Å². The van der Waals surface area contributed by atoms with Gasteiger partial charge in [-0.1, -0.05) is 0 Å². The van der Waals surface area contributed by atoms with Gasteiger partial charge in [-0.15, -0.1) is 0 Å². The average molecular weight is 654 g/mol. The van der Waals surface area contributed by atoms with Gasteiger partial charge in [-0.2, -0.15) is 92.2 Å². The summed E-state index contributed by atoms with van der Waals surface area (Å²) < 4.78 is 315. The van der Waals surface area contributed by atoms with E-state index in [9.17, 15) is 110 Å². The third kappa shape index (κ3) is 4.90.